The zero-order valence-electron chi connectivity index (χ0n) is 8.86. The maximum Gasteiger partial charge on any atom is 0.243 e. The van der Waals surface area contributed by atoms with E-state index in [1.54, 1.807) is 10.7 Å². The molecule has 84 valence electrons. The minimum Gasteiger partial charge on any atom is -0.353 e. The highest BCUT2D eigenvalue weighted by atomic mass is 35.5. The second-order valence-electron chi connectivity index (χ2n) is 4.24. The molecule has 0 saturated heterocycles. The summed E-state index contributed by atoms with van der Waals surface area (Å²) in [7, 11) is 0. The van der Waals surface area contributed by atoms with Crippen LogP contribution in [0, 0.1) is 5.92 Å². The highest BCUT2D eigenvalue weighted by Crippen LogP contribution is 2.31. The molecule has 0 unspecified atom stereocenters. The van der Waals surface area contributed by atoms with Crippen LogP contribution in [0.2, 0.25) is 5.02 Å². The molecule has 0 amide bonds. The predicted molar refractivity (Wildman–Crippen MR) is 63.8 cm³/mol. The zero-order chi connectivity index (χ0) is 11.0. The van der Waals surface area contributed by atoms with Crippen LogP contribution < -0.4 is 5.32 Å². The molecular weight excluding hydrogens is 224 g/mol. The van der Waals surface area contributed by atoms with Gasteiger partial charge in [-0.25, -0.2) is 4.52 Å². The van der Waals surface area contributed by atoms with Crippen molar-refractivity contribution in [1.82, 2.24) is 14.6 Å². The molecule has 0 bridgehead atoms. The van der Waals surface area contributed by atoms with E-state index in [1.807, 2.05) is 12.1 Å². The fourth-order valence-electron chi connectivity index (χ4n) is 1.73. The van der Waals surface area contributed by atoms with Gasteiger partial charge in [0.2, 0.25) is 5.95 Å². The third-order valence-electron chi connectivity index (χ3n) is 2.83. The van der Waals surface area contributed by atoms with Crippen molar-refractivity contribution in [3.05, 3.63) is 23.4 Å². The third-order valence-corrected chi connectivity index (χ3v) is 3.05. The van der Waals surface area contributed by atoms with Crippen molar-refractivity contribution in [2.45, 2.75) is 19.3 Å². The second-order valence-corrected chi connectivity index (χ2v) is 4.68. The normalized spacial score (nSPS) is 15.6. The SMILES string of the molecule is Clc1ccc2nc(NCCC3CC3)nn2c1. The summed E-state index contributed by atoms with van der Waals surface area (Å²) in [6.07, 6.45) is 5.75. The summed E-state index contributed by atoms with van der Waals surface area (Å²) in [6.45, 7) is 0.954. The Morgan fingerprint density at radius 2 is 2.31 bits per heavy atom. The molecule has 3 rings (SSSR count). The van der Waals surface area contributed by atoms with Gasteiger partial charge in [0.1, 0.15) is 0 Å². The number of nitrogens with zero attached hydrogens (tertiary/aromatic N) is 3. The van der Waals surface area contributed by atoms with Crippen LogP contribution in [-0.2, 0) is 0 Å². The minimum atomic E-state index is 0.668. The molecule has 0 spiro atoms. The lowest BCUT2D eigenvalue weighted by molar-refractivity contribution is 0.755. The predicted octanol–water partition coefficient (Wildman–Crippen LogP) is 2.59. The average molecular weight is 237 g/mol. The van der Waals surface area contributed by atoms with Gasteiger partial charge in [-0.3, -0.25) is 0 Å². The summed E-state index contributed by atoms with van der Waals surface area (Å²) in [4.78, 5) is 4.35. The van der Waals surface area contributed by atoms with Gasteiger partial charge in [-0.1, -0.05) is 24.4 Å². The smallest absolute Gasteiger partial charge is 0.243 e. The van der Waals surface area contributed by atoms with Crippen LogP contribution in [-0.4, -0.2) is 21.1 Å². The Bertz CT molecular complexity index is 504. The summed E-state index contributed by atoms with van der Waals surface area (Å²) >= 11 is 5.87. The molecule has 0 aromatic carbocycles. The number of halogens is 1. The number of hydrogen-bond acceptors (Lipinski definition) is 3. The maximum atomic E-state index is 5.87. The van der Waals surface area contributed by atoms with Gasteiger partial charge >= 0.3 is 0 Å². The Labute approximate surface area is 98.6 Å². The molecule has 2 aromatic heterocycles. The Hall–Kier alpha value is -1.29. The van der Waals surface area contributed by atoms with Crippen LogP contribution in [0.15, 0.2) is 18.3 Å². The van der Waals surface area contributed by atoms with E-state index in [-0.39, 0.29) is 0 Å². The van der Waals surface area contributed by atoms with Crippen LogP contribution >= 0.6 is 11.6 Å². The van der Waals surface area contributed by atoms with Crippen molar-refractivity contribution >= 4 is 23.2 Å². The molecule has 0 atom stereocenters. The first-order valence-corrected chi connectivity index (χ1v) is 5.95. The van der Waals surface area contributed by atoms with Crippen LogP contribution in [0.1, 0.15) is 19.3 Å². The summed E-state index contributed by atoms with van der Waals surface area (Å²) in [5.41, 5.74) is 0.818. The first-order valence-electron chi connectivity index (χ1n) is 5.57. The first-order chi connectivity index (χ1) is 7.81. The van der Waals surface area contributed by atoms with Gasteiger partial charge in [-0.2, -0.15) is 4.98 Å². The van der Waals surface area contributed by atoms with Crippen molar-refractivity contribution in [2.24, 2.45) is 5.92 Å². The standard InChI is InChI=1S/C11H13ClN4/c12-9-3-4-10-14-11(15-16(10)7-9)13-6-5-8-1-2-8/h3-4,7-8H,1-2,5-6H2,(H,13,15). The van der Waals surface area contributed by atoms with Gasteiger partial charge in [-0.05, 0) is 24.5 Å². The molecule has 1 aliphatic carbocycles. The molecule has 2 heterocycles. The molecule has 0 radical (unpaired) electrons. The Balaban J connectivity index is 1.71. The van der Waals surface area contributed by atoms with Gasteiger partial charge in [-0.15, -0.1) is 5.10 Å². The van der Waals surface area contributed by atoms with Crippen molar-refractivity contribution in [1.29, 1.82) is 0 Å². The fourth-order valence-corrected chi connectivity index (χ4v) is 1.88. The van der Waals surface area contributed by atoms with E-state index in [9.17, 15) is 0 Å². The summed E-state index contributed by atoms with van der Waals surface area (Å²) in [5.74, 6) is 1.61. The lowest BCUT2D eigenvalue weighted by Crippen LogP contribution is -2.03. The monoisotopic (exact) mass is 236 g/mol. The van der Waals surface area contributed by atoms with E-state index in [0.717, 1.165) is 18.1 Å². The van der Waals surface area contributed by atoms with E-state index in [2.05, 4.69) is 15.4 Å². The fraction of sp³-hybridized carbons (Fsp3) is 0.455. The highest BCUT2D eigenvalue weighted by molar-refractivity contribution is 6.30. The number of fused-ring (bicyclic) bond motifs is 1. The van der Waals surface area contributed by atoms with E-state index in [4.69, 9.17) is 11.6 Å². The molecule has 5 heteroatoms. The van der Waals surface area contributed by atoms with Crippen molar-refractivity contribution < 1.29 is 0 Å². The first kappa shape index (κ1) is 9.90. The van der Waals surface area contributed by atoms with Gasteiger partial charge in [0.05, 0.1) is 5.02 Å². The molecule has 16 heavy (non-hydrogen) atoms. The lowest BCUT2D eigenvalue weighted by atomic mass is 10.3. The van der Waals surface area contributed by atoms with Gasteiger partial charge in [0, 0.05) is 12.7 Å². The second kappa shape index (κ2) is 3.94. The molecule has 1 fully saturated rings. The van der Waals surface area contributed by atoms with Crippen LogP contribution in [0.25, 0.3) is 5.65 Å². The Morgan fingerprint density at radius 1 is 1.44 bits per heavy atom. The van der Waals surface area contributed by atoms with Crippen molar-refractivity contribution in [3.8, 4) is 0 Å². The van der Waals surface area contributed by atoms with Gasteiger partial charge in [0.25, 0.3) is 0 Å². The lowest BCUT2D eigenvalue weighted by Gasteiger charge is -1.98. The Kier molecular flexibility index (Phi) is 2.44. The van der Waals surface area contributed by atoms with Gasteiger partial charge in [0.15, 0.2) is 5.65 Å². The number of aromatic nitrogens is 3. The number of anilines is 1. The minimum absolute atomic E-state index is 0.668. The summed E-state index contributed by atoms with van der Waals surface area (Å²) in [5, 5.41) is 8.21. The molecule has 1 aliphatic rings. The molecular formula is C11H13ClN4. The Morgan fingerprint density at radius 3 is 3.12 bits per heavy atom. The molecule has 1 N–H and O–H groups in total. The molecule has 2 aromatic rings. The van der Waals surface area contributed by atoms with Crippen LogP contribution in [0.5, 0.6) is 0 Å². The highest BCUT2D eigenvalue weighted by Gasteiger charge is 2.20. The summed E-state index contributed by atoms with van der Waals surface area (Å²) in [6, 6.07) is 3.68. The summed E-state index contributed by atoms with van der Waals surface area (Å²) < 4.78 is 1.70. The van der Waals surface area contributed by atoms with E-state index >= 15 is 0 Å². The zero-order valence-corrected chi connectivity index (χ0v) is 9.61. The van der Waals surface area contributed by atoms with E-state index in [0.29, 0.717) is 11.0 Å². The topological polar surface area (TPSA) is 42.2 Å². The molecule has 0 aliphatic heterocycles. The van der Waals surface area contributed by atoms with E-state index in [1.165, 1.54) is 19.3 Å². The molecule has 1 saturated carbocycles. The average Bonchev–Trinajstić information content (AvgIpc) is 2.98. The third kappa shape index (κ3) is 2.11. The maximum absolute atomic E-state index is 5.87. The number of hydrogen-bond donors (Lipinski definition) is 1. The number of rotatable bonds is 4. The largest absolute Gasteiger partial charge is 0.353 e. The quantitative estimate of drug-likeness (QED) is 0.887. The number of nitrogens with one attached hydrogen (secondary N) is 1. The van der Waals surface area contributed by atoms with Crippen molar-refractivity contribution in [3.63, 3.8) is 0 Å². The van der Waals surface area contributed by atoms with Crippen LogP contribution in [0.3, 0.4) is 0 Å². The van der Waals surface area contributed by atoms with Gasteiger partial charge < -0.3 is 5.32 Å². The number of pyridine rings is 1. The molecule has 4 nitrogen and oxygen atoms in total. The van der Waals surface area contributed by atoms with E-state index < -0.39 is 0 Å². The van der Waals surface area contributed by atoms with Crippen LogP contribution in [0.4, 0.5) is 5.95 Å². The van der Waals surface area contributed by atoms with Crippen molar-refractivity contribution in [2.75, 3.05) is 11.9 Å².